The van der Waals surface area contributed by atoms with Gasteiger partial charge in [0.25, 0.3) is 0 Å². The molecule has 1 N–H and O–H groups in total. The standard InChI is InChI=1S/C14H26N2OS/c1-12-11-15-5-6-16(12)13-2-7-17-14(10-13)3-8-18-9-4-14/h12-13,15H,2-11H2,1H3/t12-,13?/m1/s1. The van der Waals surface area contributed by atoms with Crippen molar-refractivity contribution >= 4 is 11.8 Å². The highest BCUT2D eigenvalue weighted by Gasteiger charge is 2.41. The SMILES string of the molecule is C[C@@H]1CNCCN1C1CCOC2(CCSCC2)C1. The second-order valence-corrected chi connectivity index (χ2v) is 7.31. The summed E-state index contributed by atoms with van der Waals surface area (Å²) in [6.07, 6.45) is 5.06. The first-order valence-electron chi connectivity index (χ1n) is 7.47. The molecule has 0 amide bonds. The van der Waals surface area contributed by atoms with Crippen molar-refractivity contribution in [1.82, 2.24) is 10.2 Å². The number of thioether (sulfide) groups is 1. The molecule has 0 aromatic carbocycles. The molecule has 0 radical (unpaired) electrons. The predicted octanol–water partition coefficient (Wildman–Crippen LogP) is 1.72. The molecule has 104 valence electrons. The summed E-state index contributed by atoms with van der Waals surface area (Å²) in [6.45, 7) is 6.87. The fourth-order valence-electron chi connectivity index (χ4n) is 3.78. The minimum absolute atomic E-state index is 0.235. The van der Waals surface area contributed by atoms with E-state index in [9.17, 15) is 0 Å². The van der Waals surface area contributed by atoms with Crippen molar-refractivity contribution in [3.8, 4) is 0 Å². The van der Waals surface area contributed by atoms with Gasteiger partial charge in [0.2, 0.25) is 0 Å². The van der Waals surface area contributed by atoms with Gasteiger partial charge in [-0.25, -0.2) is 0 Å². The van der Waals surface area contributed by atoms with Crippen molar-refractivity contribution in [3.05, 3.63) is 0 Å². The Kier molecular flexibility index (Phi) is 4.18. The number of rotatable bonds is 1. The van der Waals surface area contributed by atoms with Crippen LogP contribution >= 0.6 is 11.8 Å². The molecule has 3 rings (SSSR count). The van der Waals surface area contributed by atoms with Crippen LogP contribution in [0.25, 0.3) is 0 Å². The average molecular weight is 270 g/mol. The average Bonchev–Trinajstić information content (AvgIpc) is 2.40. The lowest BCUT2D eigenvalue weighted by Gasteiger charge is -2.49. The van der Waals surface area contributed by atoms with Gasteiger partial charge in [-0.2, -0.15) is 11.8 Å². The largest absolute Gasteiger partial charge is 0.375 e. The molecular formula is C14H26N2OS. The minimum atomic E-state index is 0.235. The normalized spacial score (nSPS) is 37.8. The highest BCUT2D eigenvalue weighted by Crippen LogP contribution is 2.39. The van der Waals surface area contributed by atoms with E-state index in [1.165, 1.54) is 43.7 Å². The van der Waals surface area contributed by atoms with Crippen LogP contribution in [-0.2, 0) is 4.74 Å². The monoisotopic (exact) mass is 270 g/mol. The number of hydrogen-bond donors (Lipinski definition) is 1. The van der Waals surface area contributed by atoms with Crippen LogP contribution in [-0.4, -0.2) is 60.3 Å². The van der Waals surface area contributed by atoms with Gasteiger partial charge in [0, 0.05) is 38.3 Å². The van der Waals surface area contributed by atoms with Gasteiger partial charge in [0.05, 0.1) is 5.60 Å². The van der Waals surface area contributed by atoms with Crippen LogP contribution in [0, 0.1) is 0 Å². The molecule has 0 saturated carbocycles. The Bertz CT molecular complexity index is 275. The van der Waals surface area contributed by atoms with Gasteiger partial charge < -0.3 is 10.1 Å². The molecule has 0 aromatic heterocycles. The Morgan fingerprint density at radius 2 is 2.17 bits per heavy atom. The van der Waals surface area contributed by atoms with Crippen LogP contribution in [0.1, 0.15) is 32.6 Å². The first kappa shape index (κ1) is 13.2. The quantitative estimate of drug-likeness (QED) is 0.784. The van der Waals surface area contributed by atoms with Gasteiger partial charge in [-0.3, -0.25) is 4.90 Å². The van der Waals surface area contributed by atoms with Crippen LogP contribution in [0.2, 0.25) is 0 Å². The maximum atomic E-state index is 6.21. The number of nitrogens with one attached hydrogen (secondary N) is 1. The van der Waals surface area contributed by atoms with E-state index in [4.69, 9.17) is 4.74 Å². The van der Waals surface area contributed by atoms with E-state index in [0.29, 0.717) is 6.04 Å². The fraction of sp³-hybridized carbons (Fsp3) is 1.00. The summed E-state index contributed by atoms with van der Waals surface area (Å²) in [5.41, 5.74) is 0.235. The molecule has 3 aliphatic heterocycles. The first-order valence-corrected chi connectivity index (χ1v) is 8.63. The zero-order chi connectivity index (χ0) is 12.4. The first-order chi connectivity index (χ1) is 8.79. The molecular weight excluding hydrogens is 244 g/mol. The molecule has 3 saturated heterocycles. The predicted molar refractivity (Wildman–Crippen MR) is 77.3 cm³/mol. The topological polar surface area (TPSA) is 24.5 Å². The molecule has 1 unspecified atom stereocenters. The molecule has 3 aliphatic rings. The van der Waals surface area contributed by atoms with Crippen molar-refractivity contribution in [2.45, 2.75) is 50.3 Å². The second-order valence-electron chi connectivity index (χ2n) is 6.08. The summed E-state index contributed by atoms with van der Waals surface area (Å²) >= 11 is 2.10. The van der Waals surface area contributed by atoms with Crippen LogP contribution in [0.3, 0.4) is 0 Å². The lowest BCUT2D eigenvalue weighted by molar-refractivity contribution is -0.115. The van der Waals surface area contributed by atoms with Crippen LogP contribution in [0.4, 0.5) is 0 Å². The highest BCUT2D eigenvalue weighted by atomic mass is 32.2. The molecule has 0 bridgehead atoms. The molecule has 3 fully saturated rings. The number of hydrogen-bond acceptors (Lipinski definition) is 4. The molecule has 18 heavy (non-hydrogen) atoms. The fourth-order valence-corrected chi connectivity index (χ4v) is 5.01. The molecule has 0 aliphatic carbocycles. The smallest absolute Gasteiger partial charge is 0.0713 e. The molecule has 0 aromatic rings. The number of ether oxygens (including phenoxy) is 1. The summed E-state index contributed by atoms with van der Waals surface area (Å²) in [4.78, 5) is 2.74. The maximum absolute atomic E-state index is 6.21. The summed E-state index contributed by atoms with van der Waals surface area (Å²) in [5, 5.41) is 3.50. The third-order valence-corrected chi connectivity index (χ3v) is 5.88. The third kappa shape index (κ3) is 2.72. The molecule has 4 heteroatoms. The van der Waals surface area contributed by atoms with E-state index in [1.54, 1.807) is 0 Å². The van der Waals surface area contributed by atoms with Gasteiger partial charge in [0.1, 0.15) is 0 Å². The summed E-state index contributed by atoms with van der Waals surface area (Å²) < 4.78 is 6.21. The summed E-state index contributed by atoms with van der Waals surface area (Å²) in [7, 11) is 0. The van der Waals surface area contributed by atoms with E-state index < -0.39 is 0 Å². The zero-order valence-electron chi connectivity index (χ0n) is 11.5. The Morgan fingerprint density at radius 3 is 2.94 bits per heavy atom. The molecule has 3 nitrogen and oxygen atoms in total. The molecule has 2 atom stereocenters. The van der Waals surface area contributed by atoms with Crippen molar-refractivity contribution in [2.75, 3.05) is 37.7 Å². The van der Waals surface area contributed by atoms with E-state index in [0.717, 1.165) is 25.7 Å². The Labute approximate surface area is 115 Å². The van der Waals surface area contributed by atoms with E-state index in [1.807, 2.05) is 0 Å². The maximum Gasteiger partial charge on any atom is 0.0713 e. The van der Waals surface area contributed by atoms with Crippen LogP contribution < -0.4 is 5.32 Å². The van der Waals surface area contributed by atoms with Gasteiger partial charge in [-0.05, 0) is 44.1 Å². The van der Waals surface area contributed by atoms with E-state index in [-0.39, 0.29) is 5.60 Å². The highest BCUT2D eigenvalue weighted by molar-refractivity contribution is 7.99. The van der Waals surface area contributed by atoms with E-state index in [2.05, 4.69) is 28.9 Å². The van der Waals surface area contributed by atoms with Gasteiger partial charge in [0.15, 0.2) is 0 Å². The summed E-state index contributed by atoms with van der Waals surface area (Å²) in [6, 6.07) is 1.45. The lowest BCUT2D eigenvalue weighted by Crippen LogP contribution is -2.58. The van der Waals surface area contributed by atoms with Gasteiger partial charge >= 0.3 is 0 Å². The third-order valence-electron chi connectivity index (χ3n) is 4.89. The van der Waals surface area contributed by atoms with Gasteiger partial charge in [-0.1, -0.05) is 0 Å². The zero-order valence-corrected chi connectivity index (χ0v) is 12.3. The van der Waals surface area contributed by atoms with Crippen molar-refractivity contribution in [2.24, 2.45) is 0 Å². The molecule has 3 heterocycles. The number of piperazine rings is 1. The minimum Gasteiger partial charge on any atom is -0.375 e. The van der Waals surface area contributed by atoms with Crippen molar-refractivity contribution < 1.29 is 4.74 Å². The van der Waals surface area contributed by atoms with E-state index >= 15 is 0 Å². The van der Waals surface area contributed by atoms with Crippen molar-refractivity contribution in [1.29, 1.82) is 0 Å². The van der Waals surface area contributed by atoms with Crippen LogP contribution in [0.5, 0.6) is 0 Å². The molecule has 1 spiro atoms. The van der Waals surface area contributed by atoms with Crippen LogP contribution in [0.15, 0.2) is 0 Å². The Balaban J connectivity index is 1.65. The lowest BCUT2D eigenvalue weighted by atomic mass is 9.84. The number of nitrogens with zero attached hydrogens (tertiary/aromatic N) is 1. The summed E-state index contributed by atoms with van der Waals surface area (Å²) in [5.74, 6) is 2.59. The Morgan fingerprint density at radius 1 is 1.33 bits per heavy atom. The Hall–Kier alpha value is 0.230. The van der Waals surface area contributed by atoms with Crippen molar-refractivity contribution in [3.63, 3.8) is 0 Å². The second kappa shape index (κ2) is 5.70. The van der Waals surface area contributed by atoms with Gasteiger partial charge in [-0.15, -0.1) is 0 Å².